The summed E-state index contributed by atoms with van der Waals surface area (Å²) in [4.78, 5) is 24.3. The monoisotopic (exact) mass is 461 g/mol. The van der Waals surface area contributed by atoms with Crippen molar-refractivity contribution in [2.24, 2.45) is 0 Å². The van der Waals surface area contributed by atoms with Gasteiger partial charge in [0.1, 0.15) is 17.3 Å². The minimum atomic E-state index is -1.13. The van der Waals surface area contributed by atoms with Crippen molar-refractivity contribution in [3.63, 3.8) is 0 Å². The van der Waals surface area contributed by atoms with Crippen LogP contribution in [0.15, 0.2) is 48.5 Å². The van der Waals surface area contributed by atoms with Gasteiger partial charge in [-0.1, -0.05) is 29.8 Å². The molecule has 1 heterocycles. The second kappa shape index (κ2) is 10.1. The summed E-state index contributed by atoms with van der Waals surface area (Å²) in [6.07, 6.45) is -0.413. The van der Waals surface area contributed by atoms with Gasteiger partial charge in [-0.15, -0.1) is 0 Å². The van der Waals surface area contributed by atoms with Gasteiger partial charge in [-0.25, -0.2) is 4.39 Å². The fraction of sp³-hybridized carbons (Fsp3) is 0.227. The normalized spacial score (nSPS) is 11.6. The molecule has 2 aromatic carbocycles. The van der Waals surface area contributed by atoms with E-state index in [0.29, 0.717) is 11.3 Å². The Hall–Kier alpha value is -3.59. The summed E-state index contributed by atoms with van der Waals surface area (Å²) in [5, 5.41) is 16.4. The zero-order chi connectivity index (χ0) is 23.3. The molecule has 32 heavy (non-hydrogen) atoms. The molecule has 10 heteroatoms. The van der Waals surface area contributed by atoms with Crippen LogP contribution >= 0.6 is 11.6 Å². The lowest BCUT2D eigenvalue weighted by Gasteiger charge is -2.18. The van der Waals surface area contributed by atoms with Crippen molar-refractivity contribution in [1.82, 2.24) is 15.1 Å². The molecule has 0 bridgehead atoms. The summed E-state index contributed by atoms with van der Waals surface area (Å²) in [6.45, 7) is 2.01. The standard InChI is InChI=1S/C22H21ClFN3O5/c1-3-32-20-11-18(26-27(20)19-7-5-4-6-16(19)24)22(30)25-17(12-21(28)29)14-9-8-13(31-2)10-15(14)23/h4-11,17H,3,12H2,1-2H3,(H,25,30)(H,28,29). The van der Waals surface area contributed by atoms with E-state index in [9.17, 15) is 19.1 Å². The topological polar surface area (TPSA) is 103 Å². The molecule has 0 radical (unpaired) electrons. The summed E-state index contributed by atoms with van der Waals surface area (Å²) >= 11 is 6.28. The second-order valence-electron chi connectivity index (χ2n) is 6.68. The number of aromatic nitrogens is 2. The van der Waals surface area contributed by atoms with Crippen LogP contribution in [-0.2, 0) is 4.79 Å². The maximum atomic E-state index is 14.3. The van der Waals surface area contributed by atoms with Crippen molar-refractivity contribution in [3.05, 3.63) is 70.6 Å². The Balaban J connectivity index is 1.93. The van der Waals surface area contributed by atoms with Gasteiger partial charge in [-0.2, -0.15) is 9.78 Å². The smallest absolute Gasteiger partial charge is 0.305 e. The number of para-hydroxylation sites is 1. The number of nitrogens with zero attached hydrogens (tertiary/aromatic N) is 2. The molecule has 0 saturated heterocycles. The molecule has 0 aliphatic carbocycles. The van der Waals surface area contributed by atoms with Crippen molar-refractivity contribution >= 4 is 23.5 Å². The number of hydrogen-bond acceptors (Lipinski definition) is 5. The number of aliphatic carboxylic acids is 1. The average Bonchev–Trinajstić information content (AvgIpc) is 3.17. The molecule has 2 N–H and O–H groups in total. The van der Waals surface area contributed by atoms with E-state index in [1.165, 1.54) is 42.1 Å². The molecule has 168 valence electrons. The Kier molecular flexibility index (Phi) is 7.32. The Bertz CT molecular complexity index is 1130. The zero-order valence-electron chi connectivity index (χ0n) is 17.3. The first kappa shape index (κ1) is 23.1. The molecule has 8 nitrogen and oxygen atoms in total. The fourth-order valence-electron chi connectivity index (χ4n) is 3.08. The highest BCUT2D eigenvalue weighted by atomic mass is 35.5. The van der Waals surface area contributed by atoms with E-state index >= 15 is 0 Å². The zero-order valence-corrected chi connectivity index (χ0v) is 18.1. The first-order valence-corrected chi connectivity index (χ1v) is 10.1. The number of carbonyl (C=O) groups is 2. The number of carbonyl (C=O) groups excluding carboxylic acids is 1. The highest BCUT2D eigenvalue weighted by molar-refractivity contribution is 6.31. The minimum Gasteiger partial charge on any atom is -0.497 e. The van der Waals surface area contributed by atoms with Crippen LogP contribution in [-0.4, -0.2) is 40.5 Å². The lowest BCUT2D eigenvalue weighted by molar-refractivity contribution is -0.137. The summed E-state index contributed by atoms with van der Waals surface area (Å²) in [6, 6.07) is 11.1. The molecule has 1 atom stereocenters. The van der Waals surface area contributed by atoms with Crippen LogP contribution in [0.5, 0.6) is 11.6 Å². The third-order valence-electron chi connectivity index (χ3n) is 4.55. The number of ether oxygens (including phenoxy) is 2. The van der Waals surface area contributed by atoms with Gasteiger partial charge in [0.25, 0.3) is 5.91 Å². The average molecular weight is 462 g/mol. The molecular weight excluding hydrogens is 441 g/mol. The van der Waals surface area contributed by atoms with E-state index in [1.54, 1.807) is 25.1 Å². The molecule has 0 aliphatic heterocycles. The summed E-state index contributed by atoms with van der Waals surface area (Å²) < 4.78 is 26.1. The van der Waals surface area contributed by atoms with Crippen LogP contribution in [0.1, 0.15) is 35.4 Å². The van der Waals surface area contributed by atoms with Gasteiger partial charge in [0, 0.05) is 11.1 Å². The summed E-state index contributed by atoms with van der Waals surface area (Å²) in [5.74, 6) is -1.69. The number of halogens is 2. The van der Waals surface area contributed by atoms with Crippen LogP contribution < -0.4 is 14.8 Å². The van der Waals surface area contributed by atoms with E-state index in [2.05, 4.69) is 10.4 Å². The maximum absolute atomic E-state index is 14.3. The number of nitrogens with one attached hydrogen (secondary N) is 1. The number of rotatable bonds is 9. The van der Waals surface area contributed by atoms with Gasteiger partial charge >= 0.3 is 5.97 Å². The maximum Gasteiger partial charge on any atom is 0.305 e. The molecule has 1 aromatic heterocycles. The number of methoxy groups -OCH3 is 1. The lowest BCUT2D eigenvalue weighted by atomic mass is 10.0. The molecule has 3 aromatic rings. The number of amides is 1. The van der Waals surface area contributed by atoms with Crippen molar-refractivity contribution in [1.29, 1.82) is 0 Å². The molecule has 0 saturated carbocycles. The first-order valence-electron chi connectivity index (χ1n) is 9.67. The highest BCUT2D eigenvalue weighted by Gasteiger charge is 2.24. The summed E-state index contributed by atoms with van der Waals surface area (Å²) in [5.41, 5.74) is 0.439. The van der Waals surface area contributed by atoms with E-state index in [-0.39, 0.29) is 28.9 Å². The highest BCUT2D eigenvalue weighted by Crippen LogP contribution is 2.30. The Morgan fingerprint density at radius 1 is 1.25 bits per heavy atom. The van der Waals surface area contributed by atoms with Gasteiger partial charge in [0.2, 0.25) is 5.88 Å². The first-order chi connectivity index (χ1) is 15.3. The van der Waals surface area contributed by atoms with Crippen LogP contribution in [0.25, 0.3) is 5.69 Å². The molecule has 1 unspecified atom stereocenters. The lowest BCUT2D eigenvalue weighted by Crippen LogP contribution is -2.30. The van der Waals surface area contributed by atoms with Gasteiger partial charge in [0.15, 0.2) is 5.69 Å². The van der Waals surface area contributed by atoms with E-state index in [4.69, 9.17) is 21.1 Å². The van der Waals surface area contributed by atoms with Gasteiger partial charge in [-0.3, -0.25) is 9.59 Å². The second-order valence-corrected chi connectivity index (χ2v) is 7.08. The number of hydrogen-bond donors (Lipinski definition) is 2. The molecule has 3 rings (SSSR count). The van der Waals surface area contributed by atoms with E-state index in [1.807, 2.05) is 0 Å². The van der Waals surface area contributed by atoms with Crippen LogP contribution in [0.4, 0.5) is 4.39 Å². The predicted molar refractivity (Wildman–Crippen MR) is 115 cm³/mol. The Labute approximate surface area is 188 Å². The SMILES string of the molecule is CCOc1cc(C(=O)NC(CC(=O)O)c2ccc(OC)cc2Cl)nn1-c1ccccc1F. The Morgan fingerprint density at radius 3 is 2.62 bits per heavy atom. The molecule has 1 amide bonds. The Morgan fingerprint density at radius 2 is 2.00 bits per heavy atom. The van der Waals surface area contributed by atoms with Crippen molar-refractivity contribution in [2.75, 3.05) is 13.7 Å². The van der Waals surface area contributed by atoms with Crippen molar-refractivity contribution in [3.8, 4) is 17.3 Å². The largest absolute Gasteiger partial charge is 0.497 e. The van der Waals surface area contributed by atoms with Crippen LogP contribution in [0.2, 0.25) is 5.02 Å². The van der Waals surface area contributed by atoms with E-state index < -0.39 is 30.2 Å². The van der Waals surface area contributed by atoms with Crippen LogP contribution in [0.3, 0.4) is 0 Å². The number of carboxylic acid groups (broad SMARTS) is 1. The third kappa shape index (κ3) is 5.17. The third-order valence-corrected chi connectivity index (χ3v) is 4.88. The van der Waals surface area contributed by atoms with Crippen LogP contribution in [0, 0.1) is 5.82 Å². The van der Waals surface area contributed by atoms with Crippen molar-refractivity contribution in [2.45, 2.75) is 19.4 Å². The van der Waals surface area contributed by atoms with Gasteiger partial charge < -0.3 is 19.9 Å². The van der Waals surface area contributed by atoms with Gasteiger partial charge in [0.05, 0.1) is 26.2 Å². The fourth-order valence-corrected chi connectivity index (χ4v) is 3.39. The number of carboxylic acids is 1. The number of benzene rings is 2. The summed E-state index contributed by atoms with van der Waals surface area (Å²) in [7, 11) is 1.48. The molecule has 0 fully saturated rings. The minimum absolute atomic E-state index is 0.0725. The predicted octanol–water partition coefficient (Wildman–Crippen LogP) is 4.02. The quantitative estimate of drug-likeness (QED) is 0.499. The molecule has 0 aliphatic rings. The molecule has 0 spiro atoms. The van der Waals surface area contributed by atoms with Gasteiger partial charge in [-0.05, 0) is 36.8 Å². The molecular formula is C22H21ClFN3O5. The van der Waals surface area contributed by atoms with Crippen molar-refractivity contribution < 1.29 is 28.6 Å². The van der Waals surface area contributed by atoms with E-state index in [0.717, 1.165) is 0 Å².